The molecule has 2 atom stereocenters. The number of aryl methyl sites for hydroxylation is 1. The number of piperazine rings is 1. The molecule has 0 saturated carbocycles. The molecule has 0 radical (unpaired) electrons. The summed E-state index contributed by atoms with van der Waals surface area (Å²) in [6.45, 7) is 6.57. The van der Waals surface area contributed by atoms with Crippen LogP contribution in [0.15, 0.2) is 18.6 Å². The van der Waals surface area contributed by atoms with E-state index in [9.17, 15) is 9.90 Å². The molecule has 5 rings (SSSR count). The number of nitrogens with zero attached hydrogens (tertiary/aromatic N) is 7. The summed E-state index contributed by atoms with van der Waals surface area (Å²) >= 11 is 0. The smallest absolute Gasteiger partial charge is 0.407 e. The lowest BCUT2D eigenvalue weighted by molar-refractivity contribution is -0.0298. The van der Waals surface area contributed by atoms with Gasteiger partial charge in [0.1, 0.15) is 23.3 Å². The first-order valence-electron chi connectivity index (χ1n) is 11.6. The number of aromatic nitrogens is 5. The predicted molar refractivity (Wildman–Crippen MR) is 122 cm³/mol. The Morgan fingerprint density at radius 2 is 2.00 bits per heavy atom. The van der Waals surface area contributed by atoms with Crippen LogP contribution in [0.3, 0.4) is 0 Å². The molecule has 0 aromatic carbocycles. The van der Waals surface area contributed by atoms with Crippen LogP contribution in [0.25, 0.3) is 22.4 Å². The van der Waals surface area contributed by atoms with E-state index in [-0.39, 0.29) is 17.8 Å². The number of fused-ring (bicyclic) bond motifs is 1. The van der Waals surface area contributed by atoms with E-state index in [2.05, 4.69) is 24.8 Å². The first-order valence-corrected chi connectivity index (χ1v) is 11.6. The summed E-state index contributed by atoms with van der Waals surface area (Å²) in [5, 5.41) is 9.20. The van der Waals surface area contributed by atoms with E-state index in [0.29, 0.717) is 55.5 Å². The first-order chi connectivity index (χ1) is 16.4. The zero-order valence-corrected chi connectivity index (χ0v) is 19.3. The van der Waals surface area contributed by atoms with Gasteiger partial charge in [0.25, 0.3) is 0 Å². The normalized spacial score (nSPS) is 20.6. The van der Waals surface area contributed by atoms with Crippen molar-refractivity contribution < 1.29 is 19.0 Å². The fourth-order valence-electron chi connectivity index (χ4n) is 4.74. The fraction of sp³-hybridized carbons (Fsp3) is 0.522. The highest BCUT2D eigenvalue weighted by Crippen LogP contribution is 2.32. The number of halogens is 1. The molecule has 180 valence electrons. The highest BCUT2D eigenvalue weighted by molar-refractivity contribution is 5.87. The number of hydrogen-bond acceptors (Lipinski definition) is 7. The van der Waals surface area contributed by atoms with Gasteiger partial charge in [0.15, 0.2) is 5.65 Å². The van der Waals surface area contributed by atoms with Crippen LogP contribution in [0.5, 0.6) is 0 Å². The van der Waals surface area contributed by atoms with Crippen molar-refractivity contribution in [2.45, 2.75) is 45.4 Å². The number of carboxylic acid groups (broad SMARTS) is 1. The third-order valence-corrected chi connectivity index (χ3v) is 6.73. The molecule has 2 aliphatic heterocycles. The van der Waals surface area contributed by atoms with Gasteiger partial charge in [-0.3, -0.25) is 9.47 Å². The third kappa shape index (κ3) is 4.21. The van der Waals surface area contributed by atoms with E-state index in [1.54, 1.807) is 19.3 Å². The number of amides is 1. The van der Waals surface area contributed by atoms with Crippen LogP contribution in [0.2, 0.25) is 0 Å². The summed E-state index contributed by atoms with van der Waals surface area (Å²) in [5.74, 6) is -0.0998. The number of rotatable bonds is 4. The highest BCUT2D eigenvalue weighted by Gasteiger charge is 2.27. The lowest BCUT2D eigenvalue weighted by atomic mass is 10.0. The molecule has 34 heavy (non-hydrogen) atoms. The Morgan fingerprint density at radius 3 is 2.71 bits per heavy atom. The van der Waals surface area contributed by atoms with Crippen molar-refractivity contribution >= 4 is 17.3 Å². The molecule has 2 aliphatic rings. The Morgan fingerprint density at radius 1 is 1.21 bits per heavy atom. The maximum Gasteiger partial charge on any atom is 0.407 e. The molecule has 1 unspecified atom stereocenters. The van der Waals surface area contributed by atoms with E-state index < -0.39 is 12.0 Å². The van der Waals surface area contributed by atoms with Gasteiger partial charge >= 0.3 is 6.09 Å². The minimum absolute atomic E-state index is 0.0607. The zero-order chi connectivity index (χ0) is 23.8. The SMILES string of the molecule is Cc1nc(-c2cc([C@@H](C)N3CCN(C(=O)O)CC3)cnc2F)c2ncn(C3CCCCO3)c2n1. The topological polar surface area (TPSA) is 110 Å². The second kappa shape index (κ2) is 9.22. The Kier molecular flexibility index (Phi) is 6.13. The Bertz CT molecular complexity index is 1200. The van der Waals surface area contributed by atoms with Gasteiger partial charge in [-0.2, -0.15) is 4.39 Å². The minimum Gasteiger partial charge on any atom is -0.465 e. The van der Waals surface area contributed by atoms with Gasteiger partial charge in [0.2, 0.25) is 5.95 Å². The largest absolute Gasteiger partial charge is 0.465 e. The van der Waals surface area contributed by atoms with Crippen molar-refractivity contribution in [1.82, 2.24) is 34.3 Å². The number of imidazole rings is 1. The molecule has 2 saturated heterocycles. The molecule has 3 aromatic rings. The van der Waals surface area contributed by atoms with Crippen LogP contribution in [0.4, 0.5) is 9.18 Å². The average Bonchev–Trinajstić information content (AvgIpc) is 3.28. The van der Waals surface area contributed by atoms with Crippen LogP contribution in [-0.2, 0) is 4.74 Å². The molecule has 2 fully saturated rings. The predicted octanol–water partition coefficient (Wildman–Crippen LogP) is 3.39. The van der Waals surface area contributed by atoms with Crippen LogP contribution in [0, 0.1) is 12.9 Å². The van der Waals surface area contributed by atoms with E-state index in [1.807, 2.05) is 11.5 Å². The third-order valence-electron chi connectivity index (χ3n) is 6.73. The van der Waals surface area contributed by atoms with E-state index in [0.717, 1.165) is 24.8 Å². The quantitative estimate of drug-likeness (QED) is 0.579. The molecular weight excluding hydrogens is 441 g/mol. The van der Waals surface area contributed by atoms with Crippen molar-refractivity contribution in [2.24, 2.45) is 0 Å². The second-order valence-electron chi connectivity index (χ2n) is 8.85. The molecule has 0 aliphatic carbocycles. The Balaban J connectivity index is 1.48. The molecule has 0 spiro atoms. The summed E-state index contributed by atoms with van der Waals surface area (Å²) in [6.07, 6.45) is 5.17. The van der Waals surface area contributed by atoms with Crippen molar-refractivity contribution in [1.29, 1.82) is 0 Å². The summed E-state index contributed by atoms with van der Waals surface area (Å²) in [4.78, 5) is 32.5. The molecule has 1 N–H and O–H groups in total. The van der Waals surface area contributed by atoms with Gasteiger partial charge in [-0.25, -0.2) is 24.7 Å². The van der Waals surface area contributed by atoms with Gasteiger partial charge < -0.3 is 14.7 Å². The lowest BCUT2D eigenvalue weighted by Crippen LogP contribution is -2.48. The number of ether oxygens (including phenoxy) is 1. The number of carbonyl (C=O) groups is 1. The minimum atomic E-state index is -0.903. The Hall–Kier alpha value is -3.18. The molecule has 3 aromatic heterocycles. The summed E-state index contributed by atoms with van der Waals surface area (Å²) < 4.78 is 22.8. The summed E-state index contributed by atoms with van der Waals surface area (Å²) in [7, 11) is 0. The van der Waals surface area contributed by atoms with Crippen LogP contribution < -0.4 is 0 Å². The first kappa shape index (κ1) is 22.6. The van der Waals surface area contributed by atoms with Gasteiger partial charge in [-0.05, 0) is 44.7 Å². The second-order valence-corrected chi connectivity index (χ2v) is 8.85. The van der Waals surface area contributed by atoms with E-state index in [4.69, 9.17) is 4.74 Å². The fourth-order valence-corrected chi connectivity index (χ4v) is 4.74. The van der Waals surface area contributed by atoms with Crippen molar-refractivity contribution in [3.63, 3.8) is 0 Å². The van der Waals surface area contributed by atoms with Crippen LogP contribution >= 0.6 is 0 Å². The summed E-state index contributed by atoms with van der Waals surface area (Å²) in [5.41, 5.74) is 2.66. The van der Waals surface area contributed by atoms with Crippen molar-refractivity contribution in [3.05, 3.63) is 35.9 Å². The molecule has 5 heterocycles. The van der Waals surface area contributed by atoms with Crippen molar-refractivity contribution in [3.8, 4) is 11.3 Å². The maximum absolute atomic E-state index is 15.0. The number of pyridine rings is 1. The molecule has 0 bridgehead atoms. The molecule has 1 amide bonds. The molecular formula is C23H28FN7O3. The zero-order valence-electron chi connectivity index (χ0n) is 19.3. The van der Waals surface area contributed by atoms with Gasteiger partial charge in [0.05, 0.1) is 11.9 Å². The molecule has 11 heteroatoms. The number of hydrogen-bond donors (Lipinski definition) is 1. The van der Waals surface area contributed by atoms with Gasteiger partial charge in [0, 0.05) is 45.0 Å². The van der Waals surface area contributed by atoms with E-state index >= 15 is 4.39 Å². The monoisotopic (exact) mass is 469 g/mol. The van der Waals surface area contributed by atoms with Crippen LogP contribution in [-0.4, -0.2) is 78.3 Å². The van der Waals surface area contributed by atoms with Crippen molar-refractivity contribution in [2.75, 3.05) is 32.8 Å². The maximum atomic E-state index is 15.0. The standard InChI is InChI=1S/C23H28FN7O3/c1-14(29-6-8-30(9-7-29)23(32)33)16-11-17(21(24)25-12-16)19-20-22(28-15(2)27-19)31(13-26-20)18-5-3-4-10-34-18/h11-14,18H,3-10H2,1-2H3,(H,32,33)/t14-,18?/m1/s1. The Labute approximate surface area is 196 Å². The van der Waals surface area contributed by atoms with Gasteiger partial charge in [-0.1, -0.05) is 0 Å². The van der Waals surface area contributed by atoms with E-state index in [1.165, 1.54) is 11.1 Å². The average molecular weight is 470 g/mol. The summed E-state index contributed by atoms with van der Waals surface area (Å²) in [6, 6.07) is 1.71. The van der Waals surface area contributed by atoms with Gasteiger partial charge in [-0.15, -0.1) is 0 Å². The lowest BCUT2D eigenvalue weighted by Gasteiger charge is -2.37. The van der Waals surface area contributed by atoms with Crippen LogP contribution in [0.1, 0.15) is 49.8 Å². The molecule has 10 nitrogen and oxygen atoms in total. The highest BCUT2D eigenvalue weighted by atomic mass is 19.1.